The number of aromatic nitrogens is 1. The number of anilines is 1. The zero-order chi connectivity index (χ0) is 17.5. The van der Waals surface area contributed by atoms with Gasteiger partial charge in [-0.2, -0.15) is 0 Å². The molecule has 6 nitrogen and oxygen atoms in total. The van der Waals surface area contributed by atoms with Crippen LogP contribution in [0, 0.1) is 5.92 Å². The maximum Gasteiger partial charge on any atom is 0.238 e. The number of carbonyl (C=O) groups excluding carboxylic acids is 1. The van der Waals surface area contributed by atoms with Crippen molar-refractivity contribution in [3.63, 3.8) is 0 Å². The first-order chi connectivity index (χ1) is 12.2. The van der Waals surface area contributed by atoms with E-state index in [0.717, 1.165) is 18.0 Å². The van der Waals surface area contributed by atoms with Crippen LogP contribution in [-0.2, 0) is 11.4 Å². The average molecular weight is 341 g/mol. The highest BCUT2D eigenvalue weighted by Gasteiger charge is 2.20. The highest BCUT2D eigenvalue weighted by atomic mass is 16.5. The molecule has 0 aliphatic heterocycles. The zero-order valence-electron chi connectivity index (χ0n) is 14.3. The van der Waals surface area contributed by atoms with Gasteiger partial charge in [0.05, 0.1) is 13.7 Å². The molecule has 0 spiro atoms. The molecule has 1 amide bonds. The summed E-state index contributed by atoms with van der Waals surface area (Å²) in [4.78, 5) is 16.0. The Balaban J connectivity index is 1.57. The second-order valence-electron chi connectivity index (χ2n) is 6.13. The van der Waals surface area contributed by atoms with Crippen molar-refractivity contribution in [2.75, 3.05) is 25.5 Å². The molecule has 1 saturated carbocycles. The Morgan fingerprint density at radius 2 is 2.00 bits per heavy atom. The van der Waals surface area contributed by atoms with Crippen molar-refractivity contribution in [3.8, 4) is 11.5 Å². The molecule has 2 aromatic rings. The number of hydrogen-bond acceptors (Lipinski definition) is 5. The minimum absolute atomic E-state index is 0.0640. The van der Waals surface area contributed by atoms with Gasteiger partial charge >= 0.3 is 0 Å². The fourth-order valence-corrected chi connectivity index (χ4v) is 2.42. The number of pyridine rings is 1. The Bertz CT molecular complexity index is 702. The number of hydrogen-bond donors (Lipinski definition) is 2. The molecular formula is C19H23N3O3. The molecule has 0 atom stereocenters. The van der Waals surface area contributed by atoms with Crippen LogP contribution < -0.4 is 20.1 Å². The lowest BCUT2D eigenvalue weighted by molar-refractivity contribution is -0.115. The smallest absolute Gasteiger partial charge is 0.238 e. The predicted octanol–water partition coefficient (Wildman–Crippen LogP) is 2.61. The molecular weight excluding hydrogens is 318 g/mol. The van der Waals surface area contributed by atoms with Crippen molar-refractivity contribution in [2.45, 2.75) is 19.4 Å². The Hall–Kier alpha value is -2.60. The Labute approximate surface area is 147 Å². The first kappa shape index (κ1) is 17.2. The van der Waals surface area contributed by atoms with Gasteiger partial charge in [0.2, 0.25) is 5.91 Å². The summed E-state index contributed by atoms with van der Waals surface area (Å²) in [5.74, 6) is 1.90. The van der Waals surface area contributed by atoms with Crippen LogP contribution in [0.3, 0.4) is 0 Å². The number of nitrogens with zero attached hydrogens (tertiary/aromatic N) is 1. The molecule has 1 aliphatic carbocycles. The molecule has 1 aromatic carbocycles. The molecule has 0 unspecified atom stereocenters. The third-order valence-electron chi connectivity index (χ3n) is 4.01. The number of carbonyl (C=O) groups is 1. The molecule has 132 valence electrons. The van der Waals surface area contributed by atoms with E-state index in [0.29, 0.717) is 30.3 Å². The number of nitrogens with one attached hydrogen (secondary N) is 2. The molecule has 1 aromatic heterocycles. The Morgan fingerprint density at radius 1 is 1.20 bits per heavy atom. The Kier molecular flexibility index (Phi) is 5.85. The molecule has 1 fully saturated rings. The summed E-state index contributed by atoms with van der Waals surface area (Å²) in [5, 5.41) is 6.06. The lowest BCUT2D eigenvalue weighted by atomic mass is 10.2. The molecule has 1 aliphatic rings. The maximum atomic E-state index is 12.0. The highest BCUT2D eigenvalue weighted by Crippen LogP contribution is 2.31. The largest absolute Gasteiger partial charge is 0.493 e. The van der Waals surface area contributed by atoms with E-state index in [2.05, 4.69) is 15.6 Å². The van der Waals surface area contributed by atoms with E-state index in [9.17, 15) is 4.79 Å². The van der Waals surface area contributed by atoms with Gasteiger partial charge in [0.15, 0.2) is 11.5 Å². The van der Waals surface area contributed by atoms with Crippen molar-refractivity contribution >= 4 is 11.6 Å². The average Bonchev–Trinajstić information content (AvgIpc) is 3.45. The van der Waals surface area contributed by atoms with E-state index in [1.54, 1.807) is 37.7 Å². The second-order valence-corrected chi connectivity index (χ2v) is 6.13. The Morgan fingerprint density at radius 3 is 2.72 bits per heavy atom. The monoisotopic (exact) mass is 341 g/mol. The number of methoxy groups -OCH3 is 1. The summed E-state index contributed by atoms with van der Waals surface area (Å²) >= 11 is 0. The van der Waals surface area contributed by atoms with Gasteiger partial charge in [-0.05, 0) is 55.1 Å². The zero-order valence-corrected chi connectivity index (χ0v) is 14.3. The van der Waals surface area contributed by atoms with E-state index in [1.165, 1.54) is 12.8 Å². The van der Waals surface area contributed by atoms with Gasteiger partial charge in [0.25, 0.3) is 0 Å². The number of benzene rings is 1. The summed E-state index contributed by atoms with van der Waals surface area (Å²) in [6.45, 7) is 1.63. The van der Waals surface area contributed by atoms with Crippen LogP contribution in [0.1, 0.15) is 18.4 Å². The first-order valence-electron chi connectivity index (χ1n) is 8.45. The van der Waals surface area contributed by atoms with Gasteiger partial charge < -0.3 is 20.1 Å². The van der Waals surface area contributed by atoms with Gasteiger partial charge in [0, 0.05) is 24.1 Å². The van der Waals surface area contributed by atoms with Crippen LogP contribution in [0.15, 0.2) is 42.7 Å². The summed E-state index contributed by atoms with van der Waals surface area (Å²) < 4.78 is 11.2. The van der Waals surface area contributed by atoms with Gasteiger partial charge in [-0.15, -0.1) is 0 Å². The molecule has 6 heteroatoms. The number of amides is 1. The SMILES string of the molecule is COc1ccc(NC(=O)CNCC2CC2)cc1OCc1ccncc1. The second kappa shape index (κ2) is 8.48. The van der Waals surface area contributed by atoms with Crippen LogP contribution in [0.5, 0.6) is 11.5 Å². The van der Waals surface area contributed by atoms with Crippen LogP contribution in [0.2, 0.25) is 0 Å². The van der Waals surface area contributed by atoms with Crippen molar-refractivity contribution in [2.24, 2.45) is 5.92 Å². The standard InChI is InChI=1S/C19H23N3O3/c1-24-17-5-4-16(22-19(23)12-21-11-14-2-3-14)10-18(17)25-13-15-6-8-20-9-7-15/h4-10,14,21H,2-3,11-13H2,1H3,(H,22,23). The fourth-order valence-electron chi connectivity index (χ4n) is 2.42. The van der Waals surface area contributed by atoms with Crippen molar-refractivity contribution in [3.05, 3.63) is 48.3 Å². The molecule has 25 heavy (non-hydrogen) atoms. The minimum Gasteiger partial charge on any atom is -0.493 e. The molecule has 2 N–H and O–H groups in total. The molecule has 0 saturated heterocycles. The first-order valence-corrected chi connectivity index (χ1v) is 8.45. The lowest BCUT2D eigenvalue weighted by Gasteiger charge is -2.13. The van der Waals surface area contributed by atoms with Crippen molar-refractivity contribution in [1.82, 2.24) is 10.3 Å². The van der Waals surface area contributed by atoms with Gasteiger partial charge in [-0.25, -0.2) is 0 Å². The van der Waals surface area contributed by atoms with Crippen molar-refractivity contribution in [1.29, 1.82) is 0 Å². The normalized spacial score (nSPS) is 13.3. The lowest BCUT2D eigenvalue weighted by Crippen LogP contribution is -2.29. The van der Waals surface area contributed by atoms with Crippen LogP contribution in [0.4, 0.5) is 5.69 Å². The summed E-state index contributed by atoms with van der Waals surface area (Å²) in [6, 6.07) is 9.15. The van der Waals surface area contributed by atoms with E-state index >= 15 is 0 Å². The van der Waals surface area contributed by atoms with Crippen LogP contribution in [0.25, 0.3) is 0 Å². The topological polar surface area (TPSA) is 72.5 Å². The third kappa shape index (κ3) is 5.46. The third-order valence-corrected chi connectivity index (χ3v) is 4.01. The van der Waals surface area contributed by atoms with E-state index in [4.69, 9.17) is 9.47 Å². The highest BCUT2D eigenvalue weighted by molar-refractivity contribution is 5.92. The molecule has 1 heterocycles. The van der Waals surface area contributed by atoms with Crippen LogP contribution >= 0.6 is 0 Å². The van der Waals surface area contributed by atoms with E-state index in [-0.39, 0.29) is 5.91 Å². The van der Waals surface area contributed by atoms with E-state index < -0.39 is 0 Å². The summed E-state index contributed by atoms with van der Waals surface area (Å²) in [6.07, 6.45) is 5.99. The van der Waals surface area contributed by atoms with Gasteiger partial charge in [0.1, 0.15) is 6.61 Å². The van der Waals surface area contributed by atoms with E-state index in [1.807, 2.05) is 12.1 Å². The predicted molar refractivity (Wildman–Crippen MR) is 95.8 cm³/mol. The number of ether oxygens (including phenoxy) is 2. The quantitative estimate of drug-likeness (QED) is 0.733. The number of rotatable bonds is 9. The minimum atomic E-state index is -0.0640. The maximum absolute atomic E-state index is 12.0. The van der Waals surface area contributed by atoms with Gasteiger partial charge in [-0.3, -0.25) is 9.78 Å². The fraction of sp³-hybridized carbons (Fsp3) is 0.368. The molecule has 0 bridgehead atoms. The molecule has 0 radical (unpaired) electrons. The van der Waals surface area contributed by atoms with Gasteiger partial charge in [-0.1, -0.05) is 0 Å². The summed E-state index contributed by atoms with van der Waals surface area (Å²) in [7, 11) is 1.59. The van der Waals surface area contributed by atoms with Crippen LogP contribution in [-0.4, -0.2) is 31.1 Å². The van der Waals surface area contributed by atoms with Crippen molar-refractivity contribution < 1.29 is 14.3 Å². The summed E-state index contributed by atoms with van der Waals surface area (Å²) in [5.41, 5.74) is 1.69. The molecule has 3 rings (SSSR count).